The van der Waals surface area contributed by atoms with E-state index in [1.165, 1.54) is 0 Å². The summed E-state index contributed by atoms with van der Waals surface area (Å²) < 4.78 is 2.75. The highest BCUT2D eigenvalue weighted by atomic mass is 79.9. The Morgan fingerprint density at radius 2 is 2.31 bits per heavy atom. The largest absolute Gasteiger partial charge is 0.384 e. The quantitative estimate of drug-likeness (QED) is 0.854. The molecule has 13 heavy (non-hydrogen) atoms. The van der Waals surface area contributed by atoms with Crippen LogP contribution in [0.2, 0.25) is 0 Å². The van der Waals surface area contributed by atoms with Crippen LogP contribution in [-0.2, 0) is 7.05 Å². The Morgan fingerprint density at radius 3 is 2.77 bits per heavy atom. The number of hydrogen-bond acceptors (Lipinski definition) is 3. The van der Waals surface area contributed by atoms with E-state index in [1.807, 2.05) is 24.6 Å². The molecule has 0 spiro atoms. The molecule has 3 nitrogen and oxygen atoms in total. The Kier molecular flexibility index (Phi) is 2.13. The van der Waals surface area contributed by atoms with Crippen LogP contribution in [0.1, 0.15) is 0 Å². The molecule has 0 aromatic carbocycles. The van der Waals surface area contributed by atoms with Gasteiger partial charge in [-0.2, -0.15) is 5.10 Å². The van der Waals surface area contributed by atoms with Gasteiger partial charge < -0.3 is 5.73 Å². The van der Waals surface area contributed by atoms with Crippen LogP contribution in [0.5, 0.6) is 0 Å². The maximum Gasteiger partial charge on any atom is 0.121 e. The number of nitrogens with two attached hydrogens (primary N) is 1. The van der Waals surface area contributed by atoms with Crippen LogP contribution in [0.4, 0.5) is 5.82 Å². The zero-order valence-electron chi connectivity index (χ0n) is 6.99. The Morgan fingerprint density at radius 1 is 1.54 bits per heavy atom. The zero-order chi connectivity index (χ0) is 9.42. The van der Waals surface area contributed by atoms with Crippen LogP contribution in [0, 0.1) is 0 Å². The molecular formula is C8H8BrN3S. The van der Waals surface area contributed by atoms with Gasteiger partial charge in [-0.3, -0.25) is 4.68 Å². The fraction of sp³-hybridized carbons (Fsp3) is 0.125. The van der Waals surface area contributed by atoms with Crippen LogP contribution in [0.15, 0.2) is 22.0 Å². The lowest BCUT2D eigenvalue weighted by Gasteiger charge is -1.89. The summed E-state index contributed by atoms with van der Waals surface area (Å²) in [7, 11) is 1.83. The van der Waals surface area contributed by atoms with E-state index in [4.69, 9.17) is 5.73 Å². The van der Waals surface area contributed by atoms with Gasteiger partial charge in [0.25, 0.3) is 0 Å². The molecule has 0 saturated carbocycles. The first kappa shape index (κ1) is 8.77. The molecule has 2 aromatic heterocycles. The molecule has 2 rings (SSSR count). The van der Waals surface area contributed by atoms with Gasteiger partial charge in [0, 0.05) is 23.0 Å². The Balaban J connectivity index is 2.46. The highest BCUT2D eigenvalue weighted by Crippen LogP contribution is 2.29. The van der Waals surface area contributed by atoms with Gasteiger partial charge in [-0.15, -0.1) is 11.3 Å². The molecule has 5 heteroatoms. The molecule has 0 fully saturated rings. The minimum absolute atomic E-state index is 0.680. The van der Waals surface area contributed by atoms with Crippen LogP contribution >= 0.6 is 27.3 Å². The molecule has 0 radical (unpaired) electrons. The van der Waals surface area contributed by atoms with Gasteiger partial charge in [0.05, 0.1) is 4.88 Å². The van der Waals surface area contributed by atoms with Gasteiger partial charge in [0.1, 0.15) is 11.5 Å². The molecule has 2 N–H and O–H groups in total. The Bertz CT molecular complexity index is 413. The number of halogens is 1. The number of rotatable bonds is 1. The highest BCUT2D eigenvalue weighted by molar-refractivity contribution is 9.10. The molecule has 0 bridgehead atoms. The van der Waals surface area contributed by atoms with E-state index in [0.717, 1.165) is 15.0 Å². The summed E-state index contributed by atoms with van der Waals surface area (Å²) in [6.07, 6.45) is 0. The van der Waals surface area contributed by atoms with Crippen molar-refractivity contribution in [1.29, 1.82) is 0 Å². The molecule has 0 atom stereocenters. The number of nitrogens with zero attached hydrogens (tertiary/aromatic N) is 2. The second-order valence-electron chi connectivity index (χ2n) is 2.71. The third kappa shape index (κ3) is 1.62. The number of anilines is 1. The standard InChI is InChI=1S/C8H8BrN3S/c1-12-8(10)3-6(11-12)7-2-5(9)4-13-7/h2-4H,10H2,1H3. The Labute approximate surface area is 88.3 Å². The number of thiophene rings is 1. The van der Waals surface area contributed by atoms with E-state index in [-0.39, 0.29) is 0 Å². The van der Waals surface area contributed by atoms with Crippen LogP contribution in [-0.4, -0.2) is 9.78 Å². The maximum absolute atomic E-state index is 5.68. The van der Waals surface area contributed by atoms with Crippen molar-refractivity contribution in [2.75, 3.05) is 5.73 Å². The van der Waals surface area contributed by atoms with Gasteiger partial charge in [-0.25, -0.2) is 0 Å². The average Bonchev–Trinajstić information content (AvgIpc) is 2.61. The number of hydrogen-bond donors (Lipinski definition) is 1. The number of aryl methyl sites for hydroxylation is 1. The van der Waals surface area contributed by atoms with E-state index in [2.05, 4.69) is 21.0 Å². The monoisotopic (exact) mass is 257 g/mol. The van der Waals surface area contributed by atoms with Crippen molar-refractivity contribution in [3.05, 3.63) is 22.0 Å². The summed E-state index contributed by atoms with van der Waals surface area (Å²) in [5.74, 6) is 0.680. The van der Waals surface area contributed by atoms with Gasteiger partial charge in [0.15, 0.2) is 0 Å². The lowest BCUT2D eigenvalue weighted by Crippen LogP contribution is -1.96. The summed E-state index contributed by atoms with van der Waals surface area (Å²) in [4.78, 5) is 1.12. The van der Waals surface area contributed by atoms with Gasteiger partial charge >= 0.3 is 0 Å². The second kappa shape index (κ2) is 3.16. The summed E-state index contributed by atoms with van der Waals surface area (Å²) in [6, 6.07) is 3.91. The second-order valence-corrected chi connectivity index (χ2v) is 4.53. The molecule has 0 aliphatic rings. The number of aromatic nitrogens is 2. The minimum atomic E-state index is 0.680. The van der Waals surface area contributed by atoms with Crippen molar-refractivity contribution < 1.29 is 0 Å². The lowest BCUT2D eigenvalue weighted by atomic mass is 10.3. The molecule has 68 valence electrons. The molecule has 0 unspecified atom stereocenters. The maximum atomic E-state index is 5.68. The minimum Gasteiger partial charge on any atom is -0.384 e. The third-order valence-electron chi connectivity index (χ3n) is 1.74. The van der Waals surface area contributed by atoms with Crippen molar-refractivity contribution in [3.63, 3.8) is 0 Å². The van der Waals surface area contributed by atoms with E-state index in [0.29, 0.717) is 5.82 Å². The molecule has 0 aliphatic heterocycles. The number of nitrogen functional groups attached to an aromatic ring is 1. The molecule has 0 saturated heterocycles. The predicted octanol–water partition coefficient (Wildman–Crippen LogP) is 2.49. The zero-order valence-corrected chi connectivity index (χ0v) is 9.39. The van der Waals surface area contributed by atoms with Crippen LogP contribution in [0.25, 0.3) is 10.6 Å². The van der Waals surface area contributed by atoms with Crippen LogP contribution in [0.3, 0.4) is 0 Å². The van der Waals surface area contributed by atoms with Crippen molar-refractivity contribution in [2.45, 2.75) is 0 Å². The Hall–Kier alpha value is -0.810. The van der Waals surface area contributed by atoms with E-state index in [1.54, 1.807) is 16.0 Å². The normalized spacial score (nSPS) is 10.6. The fourth-order valence-electron chi connectivity index (χ4n) is 1.05. The van der Waals surface area contributed by atoms with Gasteiger partial charge in [0.2, 0.25) is 0 Å². The molecule has 0 amide bonds. The van der Waals surface area contributed by atoms with Crippen molar-refractivity contribution in [2.24, 2.45) is 7.05 Å². The first-order valence-corrected chi connectivity index (χ1v) is 5.38. The van der Waals surface area contributed by atoms with E-state index >= 15 is 0 Å². The highest BCUT2D eigenvalue weighted by Gasteiger charge is 2.06. The molecular weight excluding hydrogens is 250 g/mol. The summed E-state index contributed by atoms with van der Waals surface area (Å²) in [5.41, 5.74) is 6.60. The SMILES string of the molecule is Cn1nc(-c2cc(Br)cs2)cc1N. The topological polar surface area (TPSA) is 43.8 Å². The summed E-state index contributed by atoms with van der Waals surface area (Å²) in [6.45, 7) is 0. The van der Waals surface area contributed by atoms with Gasteiger partial charge in [-0.05, 0) is 22.0 Å². The van der Waals surface area contributed by atoms with Crippen molar-refractivity contribution in [1.82, 2.24) is 9.78 Å². The molecule has 2 aromatic rings. The molecule has 2 heterocycles. The van der Waals surface area contributed by atoms with Gasteiger partial charge in [-0.1, -0.05) is 0 Å². The average molecular weight is 258 g/mol. The fourth-order valence-corrected chi connectivity index (χ4v) is 2.43. The van der Waals surface area contributed by atoms with Crippen molar-refractivity contribution in [3.8, 4) is 10.6 Å². The third-order valence-corrected chi connectivity index (χ3v) is 3.45. The van der Waals surface area contributed by atoms with E-state index < -0.39 is 0 Å². The van der Waals surface area contributed by atoms with Crippen LogP contribution < -0.4 is 5.73 Å². The van der Waals surface area contributed by atoms with E-state index in [9.17, 15) is 0 Å². The first-order chi connectivity index (χ1) is 6.16. The predicted molar refractivity (Wildman–Crippen MR) is 58.6 cm³/mol. The molecule has 0 aliphatic carbocycles. The summed E-state index contributed by atoms with van der Waals surface area (Å²) >= 11 is 5.05. The summed E-state index contributed by atoms with van der Waals surface area (Å²) in [5, 5.41) is 6.30. The van der Waals surface area contributed by atoms with Crippen molar-refractivity contribution >= 4 is 33.1 Å². The first-order valence-electron chi connectivity index (χ1n) is 3.71. The smallest absolute Gasteiger partial charge is 0.121 e. The lowest BCUT2D eigenvalue weighted by molar-refractivity contribution is 0.783.